The zero-order valence-electron chi connectivity index (χ0n) is 18.1. The quantitative estimate of drug-likeness (QED) is 0.372. The van der Waals surface area contributed by atoms with E-state index in [0.717, 1.165) is 58.0 Å². The van der Waals surface area contributed by atoms with Gasteiger partial charge in [0.2, 0.25) is 0 Å². The third-order valence-electron chi connectivity index (χ3n) is 5.66. The Kier molecular flexibility index (Phi) is 5.52. The van der Waals surface area contributed by atoms with E-state index in [1.807, 2.05) is 42.6 Å². The van der Waals surface area contributed by atoms with Gasteiger partial charge in [-0.05, 0) is 73.7 Å². The predicted molar refractivity (Wildman–Crippen MR) is 124 cm³/mol. The summed E-state index contributed by atoms with van der Waals surface area (Å²) in [7, 11) is 1.65. The predicted octanol–water partition coefficient (Wildman–Crippen LogP) is 6.47. The summed E-state index contributed by atoms with van der Waals surface area (Å²) in [4.78, 5) is 4.71. The maximum Gasteiger partial charge on any atom is 0.154 e. The molecule has 154 valence electrons. The van der Waals surface area contributed by atoms with Crippen LogP contribution in [0.2, 0.25) is 5.02 Å². The lowest BCUT2D eigenvalue weighted by molar-refractivity contribution is 0.412. The Hall–Kier alpha value is -2.85. The van der Waals surface area contributed by atoms with Crippen molar-refractivity contribution in [1.82, 2.24) is 14.6 Å². The summed E-state index contributed by atoms with van der Waals surface area (Å²) in [5.74, 6) is 0.770. The fourth-order valence-electron chi connectivity index (χ4n) is 4.03. The highest BCUT2D eigenvalue weighted by atomic mass is 35.5. The van der Waals surface area contributed by atoms with E-state index in [-0.39, 0.29) is 0 Å². The molecule has 4 rings (SSSR count). The summed E-state index contributed by atoms with van der Waals surface area (Å²) >= 11 is 6.62. The largest absolute Gasteiger partial charge is 0.496 e. The minimum absolute atomic E-state index is 0.620. The van der Waals surface area contributed by atoms with Crippen LogP contribution < -0.4 is 4.74 Å². The Morgan fingerprint density at radius 2 is 1.73 bits per heavy atom. The van der Waals surface area contributed by atoms with Gasteiger partial charge >= 0.3 is 0 Å². The van der Waals surface area contributed by atoms with E-state index >= 15 is 0 Å². The maximum absolute atomic E-state index is 6.62. The molecule has 2 aromatic heterocycles. The highest BCUT2D eigenvalue weighted by molar-refractivity contribution is 6.33. The molecule has 0 N–H and O–H groups in total. The molecule has 2 heterocycles. The Morgan fingerprint density at radius 1 is 0.967 bits per heavy atom. The lowest BCUT2D eigenvalue weighted by Gasteiger charge is -2.12. The first kappa shape index (κ1) is 20.4. The van der Waals surface area contributed by atoms with E-state index in [1.165, 1.54) is 11.1 Å². The second-order valence-electron chi connectivity index (χ2n) is 7.53. The molecule has 4 nitrogen and oxygen atoms in total. The van der Waals surface area contributed by atoms with E-state index in [0.29, 0.717) is 5.02 Å². The van der Waals surface area contributed by atoms with Crippen LogP contribution in [0, 0.1) is 13.8 Å². The average Bonchev–Trinajstić information content (AvgIpc) is 3.09. The van der Waals surface area contributed by atoms with Gasteiger partial charge in [-0.25, -0.2) is 9.50 Å². The third kappa shape index (κ3) is 3.46. The molecular weight excluding hydrogens is 394 g/mol. The van der Waals surface area contributed by atoms with Gasteiger partial charge in [0.15, 0.2) is 5.65 Å². The number of aromatic nitrogens is 3. The summed E-state index contributed by atoms with van der Waals surface area (Å²) in [6, 6.07) is 14.6. The lowest BCUT2D eigenvalue weighted by Crippen LogP contribution is -1.99. The Bertz CT molecular complexity index is 1240. The molecule has 0 radical (unpaired) electrons. The minimum atomic E-state index is 0.620. The van der Waals surface area contributed by atoms with Crippen molar-refractivity contribution in [3.8, 4) is 28.3 Å². The Labute approximate surface area is 182 Å². The summed E-state index contributed by atoms with van der Waals surface area (Å²) in [6.45, 7) is 8.39. The first-order valence-corrected chi connectivity index (χ1v) is 10.7. The number of halogens is 1. The van der Waals surface area contributed by atoms with Gasteiger partial charge in [-0.2, -0.15) is 5.10 Å². The highest BCUT2D eigenvalue weighted by Crippen LogP contribution is 2.36. The molecule has 0 amide bonds. The molecule has 0 aliphatic heterocycles. The molecule has 30 heavy (non-hydrogen) atoms. The molecule has 5 heteroatoms. The molecule has 0 atom stereocenters. The topological polar surface area (TPSA) is 39.4 Å². The molecular formula is C25H26ClN3O. The minimum Gasteiger partial charge on any atom is -0.496 e. The smallest absolute Gasteiger partial charge is 0.154 e. The van der Waals surface area contributed by atoms with Crippen molar-refractivity contribution < 1.29 is 4.74 Å². The van der Waals surface area contributed by atoms with E-state index in [2.05, 4.69) is 32.0 Å². The van der Waals surface area contributed by atoms with E-state index < -0.39 is 0 Å². The summed E-state index contributed by atoms with van der Waals surface area (Å²) in [5.41, 5.74) is 9.31. The monoisotopic (exact) mass is 419 g/mol. The average molecular weight is 420 g/mol. The van der Waals surface area contributed by atoms with Crippen LogP contribution in [0.5, 0.6) is 5.75 Å². The number of methoxy groups -OCH3 is 1. The second kappa shape index (κ2) is 8.11. The van der Waals surface area contributed by atoms with Gasteiger partial charge in [0.25, 0.3) is 0 Å². The van der Waals surface area contributed by atoms with Gasteiger partial charge in [0.05, 0.1) is 29.2 Å². The van der Waals surface area contributed by atoms with Crippen LogP contribution in [0.1, 0.15) is 36.2 Å². The summed E-state index contributed by atoms with van der Waals surface area (Å²) < 4.78 is 7.31. The van der Waals surface area contributed by atoms with Crippen LogP contribution in [0.25, 0.3) is 28.2 Å². The van der Waals surface area contributed by atoms with Gasteiger partial charge in [0.1, 0.15) is 5.75 Å². The number of hydrogen-bond acceptors (Lipinski definition) is 3. The van der Waals surface area contributed by atoms with Crippen LogP contribution in [0.4, 0.5) is 0 Å². The van der Waals surface area contributed by atoms with E-state index in [1.54, 1.807) is 7.11 Å². The molecule has 4 aromatic rings. The first-order valence-electron chi connectivity index (χ1n) is 10.3. The third-order valence-corrected chi connectivity index (χ3v) is 5.97. The van der Waals surface area contributed by atoms with Crippen LogP contribution in [0.3, 0.4) is 0 Å². The molecule has 0 fully saturated rings. The van der Waals surface area contributed by atoms with Crippen LogP contribution >= 0.6 is 11.6 Å². The summed E-state index contributed by atoms with van der Waals surface area (Å²) in [6.07, 6.45) is 2.05. The second-order valence-corrected chi connectivity index (χ2v) is 7.93. The number of rotatable bonds is 5. The summed E-state index contributed by atoms with van der Waals surface area (Å²) in [5, 5.41) is 5.57. The van der Waals surface area contributed by atoms with Gasteiger partial charge in [0, 0.05) is 11.1 Å². The number of aryl methyl sites for hydroxylation is 4. The number of benzene rings is 2. The molecule has 0 saturated heterocycles. The molecule has 0 aliphatic rings. The zero-order chi connectivity index (χ0) is 21.4. The first-order chi connectivity index (χ1) is 14.5. The van der Waals surface area contributed by atoms with E-state index in [9.17, 15) is 0 Å². The van der Waals surface area contributed by atoms with Crippen molar-refractivity contribution in [2.75, 3.05) is 7.11 Å². The number of hydrogen-bond donors (Lipinski definition) is 0. The van der Waals surface area contributed by atoms with Gasteiger partial charge < -0.3 is 4.74 Å². The highest BCUT2D eigenvalue weighted by Gasteiger charge is 2.18. The van der Waals surface area contributed by atoms with Crippen LogP contribution in [-0.4, -0.2) is 21.7 Å². The van der Waals surface area contributed by atoms with Crippen molar-refractivity contribution in [3.05, 3.63) is 69.9 Å². The Morgan fingerprint density at radius 3 is 2.43 bits per heavy atom. The molecule has 2 aromatic carbocycles. The molecule has 0 aliphatic carbocycles. The molecule has 0 unspecified atom stereocenters. The van der Waals surface area contributed by atoms with Crippen LogP contribution in [0.15, 0.2) is 42.5 Å². The number of ether oxygens (including phenoxy) is 1. The van der Waals surface area contributed by atoms with Crippen molar-refractivity contribution in [3.63, 3.8) is 0 Å². The van der Waals surface area contributed by atoms with Gasteiger partial charge in [-0.15, -0.1) is 0 Å². The Balaban J connectivity index is 1.90. The fourth-order valence-corrected chi connectivity index (χ4v) is 4.27. The van der Waals surface area contributed by atoms with Crippen molar-refractivity contribution in [1.29, 1.82) is 0 Å². The molecule has 0 saturated carbocycles. The standard InChI is InChI=1S/C25H26ClN3O/c1-6-17-8-9-19(13-18(17)7-2)22-10-11-24-27-16(4)25(29(24)28-22)20-12-15(3)23(30-5)14-21(20)26/h8-14H,6-7H2,1-5H3. The SMILES string of the molecule is CCc1ccc(-c2ccc3nc(C)c(-c4cc(C)c(OC)cc4Cl)n3n2)cc1CC. The number of nitrogens with zero attached hydrogens (tertiary/aromatic N) is 3. The lowest BCUT2D eigenvalue weighted by atomic mass is 9.99. The van der Waals surface area contributed by atoms with Gasteiger partial charge in [-0.1, -0.05) is 37.6 Å². The van der Waals surface area contributed by atoms with Crippen molar-refractivity contribution >= 4 is 17.2 Å². The maximum atomic E-state index is 6.62. The van der Waals surface area contributed by atoms with Crippen molar-refractivity contribution in [2.45, 2.75) is 40.5 Å². The van der Waals surface area contributed by atoms with Crippen molar-refractivity contribution in [2.24, 2.45) is 0 Å². The van der Waals surface area contributed by atoms with E-state index in [4.69, 9.17) is 26.4 Å². The fraction of sp³-hybridized carbons (Fsp3) is 0.280. The van der Waals surface area contributed by atoms with Crippen LogP contribution in [-0.2, 0) is 12.8 Å². The number of imidazole rings is 1. The molecule has 0 bridgehead atoms. The van der Waals surface area contributed by atoms with Gasteiger partial charge in [-0.3, -0.25) is 0 Å². The normalized spacial score (nSPS) is 11.3. The number of fused-ring (bicyclic) bond motifs is 1. The molecule has 0 spiro atoms. The zero-order valence-corrected chi connectivity index (χ0v) is 18.8.